The fourth-order valence-corrected chi connectivity index (χ4v) is 4.22. The van der Waals surface area contributed by atoms with Crippen molar-refractivity contribution in [1.29, 1.82) is 0 Å². The Kier molecular flexibility index (Phi) is 7.31. The van der Waals surface area contributed by atoms with E-state index in [2.05, 4.69) is 12.1 Å². The van der Waals surface area contributed by atoms with Crippen LogP contribution in [0.15, 0.2) is 105 Å². The summed E-state index contributed by atoms with van der Waals surface area (Å²) >= 11 is 1.31. The lowest BCUT2D eigenvalue weighted by atomic mass is 10.1. The van der Waals surface area contributed by atoms with Crippen LogP contribution in [0, 0.1) is 0 Å². The molecular weight excluding hydrogens is 420 g/mol. The van der Waals surface area contributed by atoms with Crippen LogP contribution in [0.25, 0.3) is 11.3 Å². The number of rotatable bonds is 9. The Morgan fingerprint density at radius 2 is 1.44 bits per heavy atom. The standard InChI is InChI=1S/C27H24O4S/c28-24-19-25(31-27(29)26(24)32-18-16-21-9-5-2-6-10-21)22-11-13-23(14-12-22)30-17-15-20-7-3-1-4-8-20/h1-14,19,28H,15-18H2. The molecule has 0 saturated carbocycles. The summed E-state index contributed by atoms with van der Waals surface area (Å²) in [4.78, 5) is 12.7. The van der Waals surface area contributed by atoms with Crippen LogP contribution < -0.4 is 10.4 Å². The number of aromatic hydroxyl groups is 1. The summed E-state index contributed by atoms with van der Waals surface area (Å²) in [6.45, 7) is 0.578. The van der Waals surface area contributed by atoms with Crippen LogP contribution in [0.4, 0.5) is 0 Å². The Morgan fingerprint density at radius 3 is 2.06 bits per heavy atom. The zero-order valence-corrected chi connectivity index (χ0v) is 18.4. The van der Waals surface area contributed by atoms with Crippen LogP contribution in [0.3, 0.4) is 0 Å². The number of ether oxygens (including phenoxy) is 1. The van der Waals surface area contributed by atoms with Gasteiger partial charge in [-0.15, -0.1) is 11.8 Å². The average molecular weight is 445 g/mol. The van der Waals surface area contributed by atoms with Gasteiger partial charge in [-0.25, -0.2) is 4.79 Å². The van der Waals surface area contributed by atoms with Crippen molar-refractivity contribution in [3.8, 4) is 22.8 Å². The van der Waals surface area contributed by atoms with Crippen molar-refractivity contribution in [2.24, 2.45) is 0 Å². The van der Waals surface area contributed by atoms with E-state index in [0.29, 0.717) is 23.7 Å². The molecule has 0 fully saturated rings. The second-order valence-corrected chi connectivity index (χ2v) is 8.41. The van der Waals surface area contributed by atoms with Gasteiger partial charge in [0, 0.05) is 23.8 Å². The van der Waals surface area contributed by atoms with Crippen molar-refractivity contribution in [3.63, 3.8) is 0 Å². The monoisotopic (exact) mass is 444 g/mol. The quantitative estimate of drug-likeness (QED) is 0.322. The van der Waals surface area contributed by atoms with E-state index in [1.165, 1.54) is 29.0 Å². The molecule has 32 heavy (non-hydrogen) atoms. The van der Waals surface area contributed by atoms with Gasteiger partial charge in [-0.05, 0) is 41.8 Å². The topological polar surface area (TPSA) is 59.7 Å². The second kappa shape index (κ2) is 10.7. The fraction of sp³-hybridized carbons (Fsp3) is 0.148. The number of hydrogen-bond acceptors (Lipinski definition) is 5. The molecule has 4 nitrogen and oxygen atoms in total. The maximum Gasteiger partial charge on any atom is 0.353 e. The van der Waals surface area contributed by atoms with Gasteiger partial charge in [0.25, 0.3) is 0 Å². The third-order valence-electron chi connectivity index (χ3n) is 5.01. The number of thioether (sulfide) groups is 1. The Labute approximate surface area is 191 Å². The van der Waals surface area contributed by atoms with Gasteiger partial charge < -0.3 is 14.3 Å². The van der Waals surface area contributed by atoms with Crippen molar-refractivity contribution in [2.45, 2.75) is 17.7 Å². The third-order valence-corrected chi connectivity index (χ3v) is 6.08. The van der Waals surface area contributed by atoms with Crippen molar-refractivity contribution >= 4 is 11.8 Å². The lowest BCUT2D eigenvalue weighted by Gasteiger charge is -2.08. The summed E-state index contributed by atoms with van der Waals surface area (Å²) in [7, 11) is 0. The SMILES string of the molecule is O=c1oc(-c2ccc(OCCc3ccccc3)cc2)cc(O)c1SCCc1ccccc1. The molecule has 4 rings (SSSR count). The summed E-state index contributed by atoms with van der Waals surface area (Å²) in [5.41, 5.74) is 2.59. The molecule has 0 aliphatic carbocycles. The van der Waals surface area contributed by atoms with E-state index in [1.54, 1.807) is 0 Å². The van der Waals surface area contributed by atoms with Gasteiger partial charge in [-0.1, -0.05) is 60.7 Å². The molecule has 0 saturated heterocycles. The molecule has 4 aromatic rings. The molecule has 0 aliphatic heterocycles. The Hall–Kier alpha value is -3.44. The van der Waals surface area contributed by atoms with Crippen LogP contribution in [-0.2, 0) is 12.8 Å². The van der Waals surface area contributed by atoms with E-state index >= 15 is 0 Å². The second-order valence-electron chi connectivity index (χ2n) is 7.30. The molecule has 162 valence electrons. The molecule has 0 atom stereocenters. The molecule has 0 radical (unpaired) electrons. The number of aryl methyl sites for hydroxylation is 1. The van der Waals surface area contributed by atoms with Gasteiger partial charge in [0.2, 0.25) is 0 Å². The summed E-state index contributed by atoms with van der Waals surface area (Å²) in [6, 6.07) is 29.0. The minimum Gasteiger partial charge on any atom is -0.506 e. The zero-order valence-electron chi connectivity index (χ0n) is 17.6. The molecule has 5 heteroatoms. The highest BCUT2D eigenvalue weighted by Crippen LogP contribution is 2.30. The predicted molar refractivity (Wildman–Crippen MR) is 129 cm³/mol. The van der Waals surface area contributed by atoms with E-state index in [1.807, 2.05) is 72.8 Å². The minimum absolute atomic E-state index is 0.0579. The van der Waals surface area contributed by atoms with E-state index in [9.17, 15) is 9.90 Å². The zero-order chi connectivity index (χ0) is 22.2. The number of benzene rings is 3. The fourth-order valence-electron chi connectivity index (χ4n) is 3.31. The Balaban J connectivity index is 1.36. The Morgan fingerprint density at radius 1 is 0.812 bits per heavy atom. The maximum absolute atomic E-state index is 12.4. The molecular formula is C27H24O4S. The van der Waals surface area contributed by atoms with Crippen LogP contribution in [0.2, 0.25) is 0 Å². The molecule has 1 heterocycles. The first kappa shape index (κ1) is 21.8. The summed E-state index contributed by atoms with van der Waals surface area (Å²) < 4.78 is 11.3. The lowest BCUT2D eigenvalue weighted by Crippen LogP contribution is -2.04. The highest BCUT2D eigenvalue weighted by atomic mass is 32.2. The summed E-state index contributed by atoms with van der Waals surface area (Å²) in [6.07, 6.45) is 1.63. The minimum atomic E-state index is -0.527. The van der Waals surface area contributed by atoms with Gasteiger partial charge >= 0.3 is 5.63 Å². The lowest BCUT2D eigenvalue weighted by molar-refractivity contribution is 0.322. The normalized spacial score (nSPS) is 10.8. The van der Waals surface area contributed by atoms with E-state index in [4.69, 9.17) is 9.15 Å². The largest absolute Gasteiger partial charge is 0.506 e. The smallest absolute Gasteiger partial charge is 0.353 e. The molecule has 0 spiro atoms. The predicted octanol–water partition coefficient (Wildman–Crippen LogP) is 5.97. The van der Waals surface area contributed by atoms with Crippen LogP contribution in [0.5, 0.6) is 11.5 Å². The van der Waals surface area contributed by atoms with Gasteiger partial charge in [-0.3, -0.25) is 0 Å². The van der Waals surface area contributed by atoms with Crippen molar-refractivity contribution in [2.75, 3.05) is 12.4 Å². The van der Waals surface area contributed by atoms with E-state index < -0.39 is 5.63 Å². The molecule has 3 aromatic carbocycles. The van der Waals surface area contributed by atoms with Crippen molar-refractivity contribution < 1.29 is 14.3 Å². The first-order valence-corrected chi connectivity index (χ1v) is 11.5. The van der Waals surface area contributed by atoms with E-state index in [-0.39, 0.29) is 10.6 Å². The number of hydrogen-bond donors (Lipinski definition) is 1. The summed E-state index contributed by atoms with van der Waals surface area (Å²) in [5.74, 6) is 1.69. The first-order chi connectivity index (χ1) is 15.7. The molecule has 1 aromatic heterocycles. The maximum atomic E-state index is 12.4. The van der Waals surface area contributed by atoms with Crippen LogP contribution >= 0.6 is 11.8 Å². The van der Waals surface area contributed by atoms with Crippen molar-refractivity contribution in [1.82, 2.24) is 0 Å². The third kappa shape index (κ3) is 5.83. The molecule has 0 amide bonds. The van der Waals surface area contributed by atoms with Gasteiger partial charge in [0.1, 0.15) is 22.2 Å². The van der Waals surface area contributed by atoms with Crippen LogP contribution in [-0.4, -0.2) is 17.5 Å². The average Bonchev–Trinajstić information content (AvgIpc) is 2.82. The van der Waals surface area contributed by atoms with Crippen LogP contribution in [0.1, 0.15) is 11.1 Å². The highest BCUT2D eigenvalue weighted by Gasteiger charge is 2.13. The molecule has 0 aliphatic rings. The van der Waals surface area contributed by atoms with E-state index in [0.717, 1.165) is 18.6 Å². The molecule has 1 N–H and O–H groups in total. The molecule has 0 bridgehead atoms. The van der Waals surface area contributed by atoms with Crippen molar-refractivity contribution in [3.05, 3.63) is 113 Å². The highest BCUT2D eigenvalue weighted by molar-refractivity contribution is 7.99. The van der Waals surface area contributed by atoms with Gasteiger partial charge in [0.15, 0.2) is 0 Å². The Bertz CT molecular complexity index is 1190. The first-order valence-electron chi connectivity index (χ1n) is 10.5. The van der Waals surface area contributed by atoms with Gasteiger partial charge in [0.05, 0.1) is 6.61 Å². The molecule has 0 unspecified atom stereocenters. The van der Waals surface area contributed by atoms with Gasteiger partial charge in [-0.2, -0.15) is 0 Å². The summed E-state index contributed by atoms with van der Waals surface area (Å²) in [5, 5.41) is 10.4.